The molecule has 2 aromatic carbocycles. The molecule has 0 spiro atoms. The minimum Gasteiger partial charge on any atom is -0.327 e. The van der Waals surface area contributed by atoms with Gasteiger partial charge < -0.3 is 5.73 Å². The van der Waals surface area contributed by atoms with Crippen LogP contribution in [0.2, 0.25) is 5.02 Å². The van der Waals surface area contributed by atoms with E-state index in [0.29, 0.717) is 12.0 Å². The molecule has 20 heavy (non-hydrogen) atoms. The number of halogens is 2. The molecule has 0 fully saturated rings. The maximum Gasteiger partial charge on any atom is 0.145 e. The van der Waals surface area contributed by atoms with Crippen LogP contribution in [0.3, 0.4) is 0 Å². The third-order valence-corrected chi connectivity index (χ3v) is 3.87. The zero-order valence-electron chi connectivity index (χ0n) is 11.8. The Balaban J connectivity index is 2.07. The average Bonchev–Trinajstić information content (AvgIpc) is 2.39. The number of benzene rings is 2. The highest BCUT2D eigenvalue weighted by Crippen LogP contribution is 2.20. The number of hydrogen-bond acceptors (Lipinski definition) is 1. The SMILES string of the molecule is Cc1ccc(CC(N)Cc2cccc(Cl)c2F)cc1C. The van der Waals surface area contributed by atoms with Crippen LogP contribution in [0, 0.1) is 19.7 Å². The lowest BCUT2D eigenvalue weighted by atomic mass is 9.97. The molecule has 0 saturated carbocycles. The Labute approximate surface area is 124 Å². The molecule has 0 aliphatic rings. The van der Waals surface area contributed by atoms with Crippen LogP contribution in [0.5, 0.6) is 0 Å². The highest BCUT2D eigenvalue weighted by atomic mass is 35.5. The molecule has 1 unspecified atom stereocenters. The summed E-state index contributed by atoms with van der Waals surface area (Å²) in [5, 5.41) is 0.154. The van der Waals surface area contributed by atoms with E-state index in [-0.39, 0.29) is 16.9 Å². The van der Waals surface area contributed by atoms with E-state index in [2.05, 4.69) is 32.0 Å². The number of hydrogen-bond donors (Lipinski definition) is 1. The van der Waals surface area contributed by atoms with E-state index in [0.717, 1.165) is 6.42 Å². The fourth-order valence-electron chi connectivity index (χ4n) is 2.29. The molecule has 0 aliphatic heterocycles. The molecule has 0 saturated heterocycles. The average molecular weight is 292 g/mol. The minimum atomic E-state index is -0.357. The summed E-state index contributed by atoms with van der Waals surface area (Å²) >= 11 is 5.78. The molecule has 1 atom stereocenters. The van der Waals surface area contributed by atoms with Gasteiger partial charge in [0.05, 0.1) is 5.02 Å². The van der Waals surface area contributed by atoms with Crippen molar-refractivity contribution in [3.63, 3.8) is 0 Å². The van der Waals surface area contributed by atoms with Gasteiger partial charge in [-0.3, -0.25) is 0 Å². The largest absolute Gasteiger partial charge is 0.327 e. The second kappa shape index (κ2) is 6.38. The molecule has 0 aromatic heterocycles. The monoisotopic (exact) mass is 291 g/mol. The maximum absolute atomic E-state index is 13.8. The van der Waals surface area contributed by atoms with Gasteiger partial charge in [-0.25, -0.2) is 4.39 Å². The molecule has 0 bridgehead atoms. The highest BCUT2D eigenvalue weighted by molar-refractivity contribution is 6.30. The normalized spacial score (nSPS) is 12.4. The van der Waals surface area contributed by atoms with Crippen molar-refractivity contribution in [1.29, 1.82) is 0 Å². The van der Waals surface area contributed by atoms with Gasteiger partial charge in [-0.1, -0.05) is 41.9 Å². The Morgan fingerprint density at radius 2 is 1.85 bits per heavy atom. The van der Waals surface area contributed by atoms with E-state index in [1.54, 1.807) is 18.2 Å². The van der Waals surface area contributed by atoms with Crippen LogP contribution in [0.15, 0.2) is 36.4 Å². The van der Waals surface area contributed by atoms with E-state index in [9.17, 15) is 4.39 Å². The number of rotatable bonds is 4. The second-order valence-electron chi connectivity index (χ2n) is 5.30. The molecule has 0 radical (unpaired) electrons. The Morgan fingerprint density at radius 1 is 1.10 bits per heavy atom. The molecule has 0 heterocycles. The topological polar surface area (TPSA) is 26.0 Å². The molecular formula is C17H19ClFN. The van der Waals surface area contributed by atoms with Crippen LogP contribution < -0.4 is 5.73 Å². The van der Waals surface area contributed by atoms with E-state index in [4.69, 9.17) is 17.3 Å². The van der Waals surface area contributed by atoms with Crippen LogP contribution >= 0.6 is 11.6 Å². The summed E-state index contributed by atoms with van der Waals surface area (Å²) in [4.78, 5) is 0. The highest BCUT2D eigenvalue weighted by Gasteiger charge is 2.11. The van der Waals surface area contributed by atoms with Gasteiger partial charge in [-0.05, 0) is 55.0 Å². The first-order chi connectivity index (χ1) is 9.47. The molecule has 1 nitrogen and oxygen atoms in total. The molecule has 2 rings (SSSR count). The van der Waals surface area contributed by atoms with Crippen LogP contribution in [0.25, 0.3) is 0 Å². The van der Waals surface area contributed by atoms with Crippen molar-refractivity contribution in [1.82, 2.24) is 0 Å². The summed E-state index contributed by atoms with van der Waals surface area (Å²) < 4.78 is 13.8. The van der Waals surface area contributed by atoms with Crippen LogP contribution in [-0.2, 0) is 12.8 Å². The van der Waals surface area contributed by atoms with Crippen molar-refractivity contribution in [2.24, 2.45) is 5.73 Å². The Bertz CT molecular complexity index is 610. The summed E-state index contributed by atoms with van der Waals surface area (Å²) in [5.74, 6) is -0.357. The quantitative estimate of drug-likeness (QED) is 0.897. The van der Waals surface area contributed by atoms with Gasteiger partial charge in [0.1, 0.15) is 5.82 Å². The predicted octanol–water partition coefficient (Wildman–Crippen LogP) is 4.21. The zero-order chi connectivity index (χ0) is 14.7. The first-order valence-corrected chi connectivity index (χ1v) is 7.09. The third-order valence-electron chi connectivity index (χ3n) is 3.58. The van der Waals surface area contributed by atoms with Gasteiger partial charge in [-0.15, -0.1) is 0 Å². The second-order valence-corrected chi connectivity index (χ2v) is 5.71. The molecular weight excluding hydrogens is 273 g/mol. The van der Waals surface area contributed by atoms with Crippen molar-refractivity contribution in [2.45, 2.75) is 32.7 Å². The van der Waals surface area contributed by atoms with Crippen LogP contribution in [0.4, 0.5) is 4.39 Å². The van der Waals surface area contributed by atoms with Crippen LogP contribution in [0.1, 0.15) is 22.3 Å². The summed E-state index contributed by atoms with van der Waals surface area (Å²) in [5.41, 5.74) is 10.4. The molecule has 0 aliphatic carbocycles. The number of aryl methyl sites for hydroxylation is 2. The Morgan fingerprint density at radius 3 is 2.55 bits per heavy atom. The predicted molar refractivity (Wildman–Crippen MR) is 82.7 cm³/mol. The number of nitrogens with two attached hydrogens (primary N) is 1. The van der Waals surface area contributed by atoms with E-state index in [1.165, 1.54) is 16.7 Å². The van der Waals surface area contributed by atoms with E-state index >= 15 is 0 Å². The lowest BCUT2D eigenvalue weighted by Crippen LogP contribution is -2.26. The van der Waals surface area contributed by atoms with Gasteiger partial charge in [-0.2, -0.15) is 0 Å². The molecule has 2 aromatic rings. The van der Waals surface area contributed by atoms with Crippen molar-refractivity contribution in [3.05, 3.63) is 69.5 Å². The molecule has 2 N–H and O–H groups in total. The smallest absolute Gasteiger partial charge is 0.145 e. The first-order valence-electron chi connectivity index (χ1n) is 6.72. The minimum absolute atomic E-state index is 0.120. The fraction of sp³-hybridized carbons (Fsp3) is 0.294. The van der Waals surface area contributed by atoms with Gasteiger partial charge in [0.15, 0.2) is 0 Å². The van der Waals surface area contributed by atoms with Crippen molar-refractivity contribution >= 4 is 11.6 Å². The van der Waals surface area contributed by atoms with Gasteiger partial charge in [0.2, 0.25) is 0 Å². The van der Waals surface area contributed by atoms with Crippen molar-refractivity contribution in [3.8, 4) is 0 Å². The lowest BCUT2D eigenvalue weighted by Gasteiger charge is -2.14. The lowest BCUT2D eigenvalue weighted by molar-refractivity contribution is 0.584. The maximum atomic E-state index is 13.8. The van der Waals surface area contributed by atoms with E-state index < -0.39 is 0 Å². The Kier molecular flexibility index (Phi) is 4.79. The summed E-state index contributed by atoms with van der Waals surface area (Å²) in [6.07, 6.45) is 1.21. The first kappa shape index (κ1) is 15.0. The summed E-state index contributed by atoms with van der Waals surface area (Å²) in [6.45, 7) is 4.17. The summed E-state index contributed by atoms with van der Waals surface area (Å²) in [6, 6.07) is 11.2. The molecule has 106 valence electrons. The van der Waals surface area contributed by atoms with Crippen molar-refractivity contribution in [2.75, 3.05) is 0 Å². The van der Waals surface area contributed by atoms with Crippen molar-refractivity contribution < 1.29 is 4.39 Å². The zero-order valence-corrected chi connectivity index (χ0v) is 12.5. The van der Waals surface area contributed by atoms with Gasteiger partial charge >= 0.3 is 0 Å². The standard InChI is InChI=1S/C17H19ClFN/c1-11-6-7-13(8-12(11)2)9-15(20)10-14-4-3-5-16(18)17(14)19/h3-8,15H,9-10,20H2,1-2H3. The molecule has 3 heteroatoms. The van der Waals surface area contributed by atoms with Gasteiger partial charge in [0.25, 0.3) is 0 Å². The van der Waals surface area contributed by atoms with Crippen LogP contribution in [-0.4, -0.2) is 6.04 Å². The Hall–Kier alpha value is -1.38. The molecule has 0 amide bonds. The van der Waals surface area contributed by atoms with Gasteiger partial charge in [0, 0.05) is 6.04 Å². The third kappa shape index (κ3) is 3.59. The summed E-state index contributed by atoms with van der Waals surface area (Å²) in [7, 11) is 0. The fourth-order valence-corrected chi connectivity index (χ4v) is 2.49. The van der Waals surface area contributed by atoms with E-state index in [1.807, 2.05) is 0 Å².